The van der Waals surface area contributed by atoms with Crippen LogP contribution in [0.15, 0.2) is 30.3 Å². The van der Waals surface area contributed by atoms with Crippen LogP contribution in [0.25, 0.3) is 0 Å². The summed E-state index contributed by atoms with van der Waals surface area (Å²) >= 11 is 0. The van der Waals surface area contributed by atoms with Gasteiger partial charge in [0, 0.05) is 12.1 Å². The van der Waals surface area contributed by atoms with Crippen molar-refractivity contribution in [3.63, 3.8) is 0 Å². The molecule has 3 N–H and O–H groups in total. The predicted octanol–water partition coefficient (Wildman–Crippen LogP) is 1.24. The van der Waals surface area contributed by atoms with Crippen LogP contribution in [0.1, 0.15) is 25.8 Å². The number of carbonyl (C=O) groups is 1. The van der Waals surface area contributed by atoms with Crippen LogP contribution in [-0.4, -0.2) is 34.4 Å². The molecule has 0 bridgehead atoms. The Labute approximate surface area is 113 Å². The molecule has 0 saturated heterocycles. The number of aliphatic carboxylic acids is 1. The van der Waals surface area contributed by atoms with E-state index in [-0.39, 0.29) is 6.54 Å². The number of carboxylic acid groups (broad SMARTS) is 1. The Morgan fingerprint density at radius 2 is 2.05 bits per heavy atom. The molecule has 0 fully saturated rings. The van der Waals surface area contributed by atoms with Crippen molar-refractivity contribution in [2.24, 2.45) is 0 Å². The minimum Gasteiger partial charge on any atom is -0.480 e. The third-order valence-corrected chi connectivity index (χ3v) is 2.65. The minimum atomic E-state index is -1.27. The first-order chi connectivity index (χ1) is 8.94. The first kappa shape index (κ1) is 15.2. The van der Waals surface area contributed by atoms with E-state index in [1.54, 1.807) is 13.8 Å². The van der Waals surface area contributed by atoms with Crippen molar-refractivity contribution in [1.29, 1.82) is 0 Å². The topological polar surface area (TPSA) is 69.6 Å². The van der Waals surface area contributed by atoms with Crippen LogP contribution in [0.2, 0.25) is 0 Å². The van der Waals surface area contributed by atoms with Crippen LogP contribution in [0.5, 0.6) is 0 Å². The molecule has 0 heterocycles. The number of hydrogen-bond donors (Lipinski definition) is 3. The van der Waals surface area contributed by atoms with E-state index in [9.17, 15) is 9.90 Å². The fourth-order valence-electron chi connectivity index (χ4n) is 1.50. The summed E-state index contributed by atoms with van der Waals surface area (Å²) < 4.78 is 0. The second-order valence-electron chi connectivity index (χ2n) is 4.57. The highest BCUT2D eigenvalue weighted by Crippen LogP contribution is 2.03. The summed E-state index contributed by atoms with van der Waals surface area (Å²) in [6.07, 6.45) is 0.456. The smallest absolute Gasteiger partial charge is 0.320 e. The number of rotatable bonds is 5. The molecule has 102 valence electrons. The molecule has 0 aliphatic carbocycles. The maximum atomic E-state index is 10.8. The van der Waals surface area contributed by atoms with E-state index in [0.717, 1.165) is 5.56 Å². The standard InChI is InChI=1S/C15H19NO3/c1-3-13(14(17)18)16-11-15(2,19)10-9-12-7-5-4-6-8-12/h4-8,13,16,19H,3,11H2,1-2H3,(H,17,18)/t13-,15+/m0/s1. The highest BCUT2D eigenvalue weighted by atomic mass is 16.4. The molecule has 2 atom stereocenters. The summed E-state index contributed by atoms with van der Waals surface area (Å²) in [5.74, 6) is 4.69. The monoisotopic (exact) mass is 261 g/mol. The third kappa shape index (κ3) is 5.56. The lowest BCUT2D eigenvalue weighted by Crippen LogP contribution is -2.44. The first-order valence-corrected chi connectivity index (χ1v) is 6.21. The van der Waals surface area contributed by atoms with E-state index >= 15 is 0 Å². The molecule has 1 aromatic carbocycles. The Bertz CT molecular complexity index is 471. The fraction of sp³-hybridized carbons (Fsp3) is 0.400. The number of nitrogens with one attached hydrogen (secondary N) is 1. The van der Waals surface area contributed by atoms with E-state index in [0.29, 0.717) is 6.42 Å². The molecule has 1 aromatic rings. The molecular weight excluding hydrogens is 242 g/mol. The second-order valence-corrected chi connectivity index (χ2v) is 4.57. The van der Waals surface area contributed by atoms with Gasteiger partial charge in [0.1, 0.15) is 11.6 Å². The van der Waals surface area contributed by atoms with Crippen molar-refractivity contribution in [3.8, 4) is 11.8 Å². The Balaban J connectivity index is 2.62. The molecule has 0 spiro atoms. The van der Waals surface area contributed by atoms with Crippen molar-refractivity contribution in [3.05, 3.63) is 35.9 Å². The van der Waals surface area contributed by atoms with Gasteiger partial charge in [-0.25, -0.2) is 0 Å². The Morgan fingerprint density at radius 1 is 1.42 bits per heavy atom. The lowest BCUT2D eigenvalue weighted by molar-refractivity contribution is -0.139. The number of hydrogen-bond acceptors (Lipinski definition) is 3. The van der Waals surface area contributed by atoms with Crippen LogP contribution >= 0.6 is 0 Å². The van der Waals surface area contributed by atoms with Crippen molar-refractivity contribution in [2.75, 3.05) is 6.54 Å². The van der Waals surface area contributed by atoms with Gasteiger partial charge in [-0.3, -0.25) is 4.79 Å². The molecule has 0 aliphatic heterocycles. The van der Waals surface area contributed by atoms with Crippen LogP contribution in [0.4, 0.5) is 0 Å². The van der Waals surface area contributed by atoms with Crippen molar-refractivity contribution in [2.45, 2.75) is 31.9 Å². The van der Waals surface area contributed by atoms with Gasteiger partial charge >= 0.3 is 5.97 Å². The van der Waals surface area contributed by atoms with E-state index in [2.05, 4.69) is 17.2 Å². The molecule has 19 heavy (non-hydrogen) atoms. The number of benzene rings is 1. The zero-order valence-corrected chi connectivity index (χ0v) is 11.2. The van der Waals surface area contributed by atoms with Crippen LogP contribution in [-0.2, 0) is 4.79 Å². The zero-order valence-electron chi connectivity index (χ0n) is 11.2. The molecule has 4 heteroatoms. The summed E-state index contributed by atoms with van der Waals surface area (Å²) in [6.45, 7) is 3.44. The van der Waals surface area contributed by atoms with E-state index < -0.39 is 17.6 Å². The van der Waals surface area contributed by atoms with E-state index in [1.165, 1.54) is 0 Å². The molecule has 0 unspecified atom stereocenters. The maximum absolute atomic E-state index is 10.8. The predicted molar refractivity (Wildman–Crippen MR) is 73.7 cm³/mol. The summed E-state index contributed by atoms with van der Waals surface area (Å²) in [7, 11) is 0. The van der Waals surface area contributed by atoms with Gasteiger partial charge in [-0.05, 0) is 25.5 Å². The Hall–Kier alpha value is -1.83. The molecule has 1 rings (SSSR count). The summed E-state index contributed by atoms with van der Waals surface area (Å²) in [4.78, 5) is 10.8. The van der Waals surface area contributed by atoms with Gasteiger partial charge in [0.05, 0.1) is 0 Å². The second kappa shape index (κ2) is 6.93. The third-order valence-electron chi connectivity index (χ3n) is 2.65. The summed E-state index contributed by atoms with van der Waals surface area (Å²) in [6, 6.07) is 8.67. The van der Waals surface area contributed by atoms with Gasteiger partial charge in [0.25, 0.3) is 0 Å². The molecule has 0 saturated carbocycles. The molecule has 0 amide bonds. The highest BCUT2D eigenvalue weighted by molar-refractivity contribution is 5.73. The largest absolute Gasteiger partial charge is 0.480 e. The van der Waals surface area contributed by atoms with Crippen molar-refractivity contribution >= 4 is 5.97 Å². The normalized spacial score (nSPS) is 14.9. The minimum absolute atomic E-state index is 0.109. The van der Waals surface area contributed by atoms with Gasteiger partial charge < -0.3 is 15.5 Å². The number of aliphatic hydroxyl groups is 1. The zero-order chi connectivity index (χ0) is 14.3. The van der Waals surface area contributed by atoms with Gasteiger partial charge in [-0.1, -0.05) is 37.0 Å². The summed E-state index contributed by atoms with van der Waals surface area (Å²) in [5.41, 5.74) is -0.452. The maximum Gasteiger partial charge on any atom is 0.320 e. The van der Waals surface area contributed by atoms with Gasteiger partial charge in [0.2, 0.25) is 0 Å². The molecule has 0 aromatic heterocycles. The average molecular weight is 261 g/mol. The van der Waals surface area contributed by atoms with Crippen LogP contribution in [0.3, 0.4) is 0 Å². The molecular formula is C15H19NO3. The van der Waals surface area contributed by atoms with Crippen molar-refractivity contribution in [1.82, 2.24) is 5.32 Å². The Morgan fingerprint density at radius 3 is 2.58 bits per heavy atom. The molecule has 0 radical (unpaired) electrons. The highest BCUT2D eigenvalue weighted by Gasteiger charge is 2.21. The summed E-state index contributed by atoms with van der Waals surface area (Å²) in [5, 5.41) is 21.8. The van der Waals surface area contributed by atoms with Gasteiger partial charge in [-0.2, -0.15) is 0 Å². The van der Waals surface area contributed by atoms with Crippen LogP contribution in [0, 0.1) is 11.8 Å². The number of carboxylic acids is 1. The Kier molecular flexibility index (Phi) is 5.56. The van der Waals surface area contributed by atoms with Crippen LogP contribution < -0.4 is 5.32 Å². The van der Waals surface area contributed by atoms with Gasteiger partial charge in [0.15, 0.2) is 0 Å². The van der Waals surface area contributed by atoms with E-state index in [1.807, 2.05) is 30.3 Å². The molecule has 0 aliphatic rings. The van der Waals surface area contributed by atoms with Crippen molar-refractivity contribution < 1.29 is 15.0 Å². The average Bonchev–Trinajstić information content (AvgIpc) is 2.38. The first-order valence-electron chi connectivity index (χ1n) is 6.21. The van der Waals surface area contributed by atoms with Gasteiger partial charge in [-0.15, -0.1) is 0 Å². The quantitative estimate of drug-likeness (QED) is 0.698. The lowest BCUT2D eigenvalue weighted by Gasteiger charge is -2.20. The SMILES string of the molecule is CC[C@H](NC[C@](C)(O)C#Cc1ccccc1)C(=O)O. The van der Waals surface area contributed by atoms with E-state index in [4.69, 9.17) is 5.11 Å². The lowest BCUT2D eigenvalue weighted by atomic mass is 10.1. The molecule has 4 nitrogen and oxygen atoms in total. The fourth-order valence-corrected chi connectivity index (χ4v) is 1.50.